The molecular formula is C26H29N5O4. The fourth-order valence-electron chi connectivity index (χ4n) is 4.66. The van der Waals surface area contributed by atoms with Crippen molar-refractivity contribution in [3.05, 3.63) is 59.2 Å². The minimum Gasteiger partial charge on any atom is -0.497 e. The summed E-state index contributed by atoms with van der Waals surface area (Å²) in [6.07, 6.45) is 2.05. The average Bonchev–Trinajstić information content (AvgIpc) is 3.39. The van der Waals surface area contributed by atoms with Gasteiger partial charge in [0.05, 0.1) is 25.9 Å². The van der Waals surface area contributed by atoms with Crippen LogP contribution in [-0.2, 0) is 28.9 Å². The highest BCUT2D eigenvalue weighted by Crippen LogP contribution is 2.37. The van der Waals surface area contributed by atoms with E-state index in [1.165, 1.54) is 18.1 Å². The van der Waals surface area contributed by atoms with Gasteiger partial charge in [0.1, 0.15) is 11.9 Å². The number of carbonyl (C=O) groups excluding carboxylic acids is 2. The van der Waals surface area contributed by atoms with Gasteiger partial charge in [0, 0.05) is 30.3 Å². The minimum atomic E-state index is -0.388. The molecule has 2 heterocycles. The molecule has 3 N–H and O–H groups in total. The number of carbonyl (C=O) groups is 2. The number of anilines is 2. The van der Waals surface area contributed by atoms with Crippen molar-refractivity contribution in [3.8, 4) is 17.0 Å². The maximum absolute atomic E-state index is 12.5. The predicted octanol–water partition coefficient (Wildman–Crippen LogP) is 3.65. The van der Waals surface area contributed by atoms with Crippen molar-refractivity contribution in [2.24, 2.45) is 0 Å². The molecule has 2 amide bonds. The molecule has 0 radical (unpaired) electrons. The lowest BCUT2D eigenvalue weighted by Gasteiger charge is -2.16. The molecule has 1 aromatic heterocycles. The van der Waals surface area contributed by atoms with E-state index in [-0.39, 0.29) is 18.1 Å². The number of aromatic amines is 1. The number of ether oxygens (including phenoxy) is 2. The highest BCUT2D eigenvalue weighted by Gasteiger charge is 2.33. The monoisotopic (exact) mass is 475 g/mol. The average molecular weight is 476 g/mol. The van der Waals surface area contributed by atoms with Crippen LogP contribution >= 0.6 is 0 Å². The van der Waals surface area contributed by atoms with Crippen molar-refractivity contribution in [2.75, 3.05) is 30.4 Å². The highest BCUT2D eigenvalue weighted by atomic mass is 16.6. The molecule has 0 spiro atoms. The highest BCUT2D eigenvalue weighted by molar-refractivity contribution is 5.90. The summed E-state index contributed by atoms with van der Waals surface area (Å²) in [6, 6.07) is 14.0. The third kappa shape index (κ3) is 4.80. The van der Waals surface area contributed by atoms with Crippen molar-refractivity contribution >= 4 is 23.5 Å². The van der Waals surface area contributed by atoms with E-state index in [4.69, 9.17) is 9.47 Å². The summed E-state index contributed by atoms with van der Waals surface area (Å²) in [5, 5.41) is 14.0. The van der Waals surface area contributed by atoms with Gasteiger partial charge in [0.2, 0.25) is 5.91 Å². The second-order valence-electron chi connectivity index (χ2n) is 8.88. The molecule has 5 rings (SSSR count). The molecule has 9 nitrogen and oxygen atoms in total. The summed E-state index contributed by atoms with van der Waals surface area (Å²) in [4.78, 5) is 25.3. The Balaban J connectivity index is 1.32. The number of fused-ring (bicyclic) bond motifs is 3. The van der Waals surface area contributed by atoms with E-state index >= 15 is 0 Å². The van der Waals surface area contributed by atoms with Gasteiger partial charge in [-0.2, -0.15) is 5.10 Å². The molecule has 0 saturated carbocycles. The summed E-state index contributed by atoms with van der Waals surface area (Å²) in [7, 11) is 1.66. The van der Waals surface area contributed by atoms with Crippen LogP contribution in [0.2, 0.25) is 0 Å². The largest absolute Gasteiger partial charge is 0.497 e. The molecule has 1 fully saturated rings. The van der Waals surface area contributed by atoms with Crippen LogP contribution in [0.1, 0.15) is 30.0 Å². The third-order valence-electron chi connectivity index (χ3n) is 6.48. The van der Waals surface area contributed by atoms with E-state index in [1.807, 2.05) is 30.3 Å². The van der Waals surface area contributed by atoms with Crippen LogP contribution in [0.4, 0.5) is 16.3 Å². The van der Waals surface area contributed by atoms with Crippen molar-refractivity contribution in [1.82, 2.24) is 15.5 Å². The van der Waals surface area contributed by atoms with Crippen LogP contribution < -0.4 is 20.3 Å². The van der Waals surface area contributed by atoms with E-state index in [9.17, 15) is 9.59 Å². The fourth-order valence-corrected chi connectivity index (χ4v) is 4.66. The van der Waals surface area contributed by atoms with E-state index in [1.54, 1.807) is 12.0 Å². The number of nitrogens with zero attached hydrogens (tertiary/aromatic N) is 2. The van der Waals surface area contributed by atoms with Gasteiger partial charge in [0.25, 0.3) is 0 Å². The lowest BCUT2D eigenvalue weighted by Crippen LogP contribution is -2.33. The zero-order valence-electron chi connectivity index (χ0n) is 19.9. The van der Waals surface area contributed by atoms with Crippen LogP contribution in [0, 0.1) is 0 Å². The number of amides is 2. The van der Waals surface area contributed by atoms with Gasteiger partial charge < -0.3 is 20.1 Å². The minimum absolute atomic E-state index is 0.141. The lowest BCUT2D eigenvalue weighted by molar-refractivity contribution is -0.119. The number of rotatable bonds is 7. The number of benzene rings is 2. The first-order valence-electron chi connectivity index (χ1n) is 11.8. The van der Waals surface area contributed by atoms with Crippen molar-refractivity contribution < 1.29 is 19.1 Å². The van der Waals surface area contributed by atoms with E-state index in [2.05, 4.69) is 33.0 Å². The van der Waals surface area contributed by atoms with Crippen LogP contribution in [0.5, 0.6) is 5.75 Å². The Labute approximate surface area is 203 Å². The molecule has 35 heavy (non-hydrogen) atoms. The number of methoxy groups -OCH3 is 1. The fraction of sp³-hybridized carbons (Fsp3) is 0.346. The first-order valence-corrected chi connectivity index (χ1v) is 11.8. The number of aromatic nitrogens is 2. The SMILES string of the molecule is COc1ccc(CNc2n[nH]c3c2CCCc2cc(N4CC(CNC(C)=O)OC4=O)ccc2-3)cc1. The molecule has 1 aliphatic heterocycles. The first-order chi connectivity index (χ1) is 17.0. The molecular weight excluding hydrogens is 446 g/mol. The zero-order chi connectivity index (χ0) is 24.4. The van der Waals surface area contributed by atoms with Crippen molar-refractivity contribution in [2.45, 2.75) is 38.8 Å². The maximum atomic E-state index is 12.5. The second-order valence-corrected chi connectivity index (χ2v) is 8.88. The maximum Gasteiger partial charge on any atom is 0.414 e. The number of H-pyrrole nitrogens is 1. The van der Waals surface area contributed by atoms with Gasteiger partial charge >= 0.3 is 6.09 Å². The first kappa shape index (κ1) is 22.8. The predicted molar refractivity (Wildman–Crippen MR) is 133 cm³/mol. The number of hydrogen-bond donors (Lipinski definition) is 3. The summed E-state index contributed by atoms with van der Waals surface area (Å²) >= 11 is 0. The summed E-state index contributed by atoms with van der Waals surface area (Å²) < 4.78 is 10.7. The van der Waals surface area contributed by atoms with Gasteiger partial charge in [-0.3, -0.25) is 14.8 Å². The van der Waals surface area contributed by atoms with Gasteiger partial charge in [-0.05, 0) is 54.7 Å². The number of cyclic esters (lactones) is 1. The van der Waals surface area contributed by atoms with E-state index in [0.717, 1.165) is 53.3 Å². The van der Waals surface area contributed by atoms with Crippen LogP contribution in [0.25, 0.3) is 11.3 Å². The van der Waals surface area contributed by atoms with Gasteiger partial charge in [-0.15, -0.1) is 0 Å². The number of aryl methyl sites for hydroxylation is 1. The summed E-state index contributed by atoms with van der Waals surface area (Å²) in [6.45, 7) is 2.84. The van der Waals surface area contributed by atoms with E-state index in [0.29, 0.717) is 19.6 Å². The molecule has 1 saturated heterocycles. The Kier molecular flexibility index (Phi) is 6.31. The zero-order valence-corrected chi connectivity index (χ0v) is 19.9. The van der Waals surface area contributed by atoms with Crippen molar-refractivity contribution in [3.63, 3.8) is 0 Å². The van der Waals surface area contributed by atoms with Crippen LogP contribution in [0.15, 0.2) is 42.5 Å². The van der Waals surface area contributed by atoms with Gasteiger partial charge in [-0.25, -0.2) is 4.79 Å². The third-order valence-corrected chi connectivity index (χ3v) is 6.48. The molecule has 0 bridgehead atoms. The molecule has 3 aromatic rings. The molecule has 2 aliphatic rings. The Morgan fingerprint density at radius 2 is 2.06 bits per heavy atom. The summed E-state index contributed by atoms with van der Waals surface area (Å²) in [5.41, 5.74) is 6.43. The standard InChI is InChI=1S/C26H29N5O4/c1-16(32)27-14-21-15-31(26(33)35-21)19-8-11-22-18(12-19)4-3-5-23-24(22)29-30-25(23)28-13-17-6-9-20(34-2)10-7-17/h6-12,21H,3-5,13-15H2,1-2H3,(H,27,32)(H2,28,29,30). The smallest absolute Gasteiger partial charge is 0.414 e. The second kappa shape index (κ2) is 9.69. The molecule has 1 atom stereocenters. The quantitative estimate of drug-likeness (QED) is 0.481. The molecule has 1 aliphatic carbocycles. The van der Waals surface area contributed by atoms with Crippen molar-refractivity contribution in [1.29, 1.82) is 0 Å². The number of nitrogens with one attached hydrogen (secondary N) is 3. The molecule has 1 unspecified atom stereocenters. The van der Waals surface area contributed by atoms with E-state index < -0.39 is 0 Å². The molecule has 2 aromatic carbocycles. The Morgan fingerprint density at radius 3 is 2.83 bits per heavy atom. The topological polar surface area (TPSA) is 109 Å². The van der Waals surface area contributed by atoms with Crippen LogP contribution in [0.3, 0.4) is 0 Å². The lowest BCUT2D eigenvalue weighted by atomic mass is 10.0. The normalized spacial score (nSPS) is 16.7. The number of hydrogen-bond acceptors (Lipinski definition) is 6. The Bertz CT molecular complexity index is 1240. The Morgan fingerprint density at radius 1 is 1.23 bits per heavy atom. The summed E-state index contributed by atoms with van der Waals surface area (Å²) in [5.74, 6) is 1.57. The van der Waals surface area contributed by atoms with Gasteiger partial charge in [-0.1, -0.05) is 18.2 Å². The Hall–Kier alpha value is -4.01. The molecule has 182 valence electrons. The van der Waals surface area contributed by atoms with Crippen LogP contribution in [-0.4, -0.2) is 48.5 Å². The van der Waals surface area contributed by atoms with Gasteiger partial charge in [0.15, 0.2) is 5.82 Å². The molecule has 9 heteroatoms.